The van der Waals surface area contributed by atoms with Gasteiger partial charge in [-0.15, -0.1) is 0 Å². The van der Waals surface area contributed by atoms with Crippen LogP contribution in [0.25, 0.3) is 0 Å². The summed E-state index contributed by atoms with van der Waals surface area (Å²) < 4.78 is 0. The molecular formula is C20H25N3O2. The van der Waals surface area contributed by atoms with Crippen molar-refractivity contribution in [3.8, 4) is 0 Å². The number of carbonyl (C=O) groups is 2. The molecule has 2 aromatic rings. The van der Waals surface area contributed by atoms with Crippen molar-refractivity contribution in [3.05, 3.63) is 59.2 Å². The highest BCUT2D eigenvalue weighted by atomic mass is 16.2. The van der Waals surface area contributed by atoms with E-state index in [4.69, 9.17) is 0 Å². The van der Waals surface area contributed by atoms with E-state index >= 15 is 0 Å². The average Bonchev–Trinajstić information content (AvgIpc) is 2.58. The molecule has 2 aromatic carbocycles. The lowest BCUT2D eigenvalue weighted by atomic mass is 10.1. The van der Waals surface area contributed by atoms with Crippen LogP contribution in [0.4, 0.5) is 16.2 Å². The Bertz CT molecular complexity index is 754. The van der Waals surface area contributed by atoms with Gasteiger partial charge in [0, 0.05) is 11.4 Å². The van der Waals surface area contributed by atoms with Gasteiger partial charge < -0.3 is 10.6 Å². The van der Waals surface area contributed by atoms with Crippen LogP contribution in [0.2, 0.25) is 0 Å². The highest BCUT2D eigenvalue weighted by molar-refractivity contribution is 6.03. The number of hydrogen-bond acceptors (Lipinski definition) is 3. The molecule has 25 heavy (non-hydrogen) atoms. The van der Waals surface area contributed by atoms with Gasteiger partial charge in [-0.3, -0.25) is 10.1 Å². The molecule has 132 valence electrons. The van der Waals surface area contributed by atoms with Crippen LogP contribution in [-0.2, 0) is 11.2 Å². The zero-order valence-electron chi connectivity index (χ0n) is 15.1. The van der Waals surface area contributed by atoms with Gasteiger partial charge in [-0.2, -0.15) is 0 Å². The van der Waals surface area contributed by atoms with Crippen LogP contribution < -0.4 is 16.0 Å². The summed E-state index contributed by atoms with van der Waals surface area (Å²) in [6.45, 7) is 7.70. The quantitative estimate of drug-likeness (QED) is 0.771. The van der Waals surface area contributed by atoms with Gasteiger partial charge in [0.1, 0.15) is 6.04 Å². The summed E-state index contributed by atoms with van der Waals surface area (Å²) in [4.78, 5) is 24.2. The molecule has 3 amide bonds. The topological polar surface area (TPSA) is 70.2 Å². The first-order chi connectivity index (χ1) is 11.9. The predicted molar refractivity (Wildman–Crippen MR) is 102 cm³/mol. The Labute approximate surface area is 148 Å². The molecule has 1 atom stereocenters. The average molecular weight is 339 g/mol. The van der Waals surface area contributed by atoms with Crippen molar-refractivity contribution in [2.45, 2.75) is 40.2 Å². The number of rotatable bonds is 5. The molecule has 5 nitrogen and oxygen atoms in total. The maximum atomic E-state index is 12.2. The molecule has 0 fully saturated rings. The zero-order valence-corrected chi connectivity index (χ0v) is 15.1. The van der Waals surface area contributed by atoms with Gasteiger partial charge in [-0.1, -0.05) is 36.8 Å². The molecule has 0 aliphatic rings. The fourth-order valence-electron chi connectivity index (χ4n) is 2.48. The maximum Gasteiger partial charge on any atom is 0.325 e. The first-order valence-electron chi connectivity index (χ1n) is 8.43. The van der Waals surface area contributed by atoms with E-state index in [1.165, 1.54) is 5.56 Å². The minimum absolute atomic E-state index is 0.387. The van der Waals surface area contributed by atoms with Crippen LogP contribution in [0.3, 0.4) is 0 Å². The van der Waals surface area contributed by atoms with Crippen molar-refractivity contribution in [2.24, 2.45) is 0 Å². The van der Waals surface area contributed by atoms with E-state index < -0.39 is 12.1 Å². The number of amides is 3. The van der Waals surface area contributed by atoms with Crippen molar-refractivity contribution in [1.82, 2.24) is 5.32 Å². The third kappa shape index (κ3) is 5.35. The fourth-order valence-corrected chi connectivity index (χ4v) is 2.48. The van der Waals surface area contributed by atoms with E-state index in [1.807, 2.05) is 56.3 Å². The fraction of sp³-hybridized carbons (Fsp3) is 0.300. The van der Waals surface area contributed by atoms with Crippen molar-refractivity contribution in [3.63, 3.8) is 0 Å². The summed E-state index contributed by atoms with van der Waals surface area (Å²) in [5.41, 5.74) is 4.83. The van der Waals surface area contributed by atoms with Crippen molar-refractivity contribution in [1.29, 1.82) is 0 Å². The van der Waals surface area contributed by atoms with Crippen LogP contribution in [-0.4, -0.2) is 18.0 Å². The smallest absolute Gasteiger partial charge is 0.325 e. The van der Waals surface area contributed by atoms with E-state index in [9.17, 15) is 9.59 Å². The third-order valence-electron chi connectivity index (χ3n) is 4.01. The molecule has 0 aliphatic carbocycles. The second-order valence-corrected chi connectivity index (χ2v) is 6.18. The van der Waals surface area contributed by atoms with Gasteiger partial charge in [0.2, 0.25) is 5.91 Å². The van der Waals surface area contributed by atoms with Crippen molar-refractivity contribution in [2.75, 3.05) is 10.6 Å². The lowest BCUT2D eigenvalue weighted by Gasteiger charge is -2.16. The molecule has 1 unspecified atom stereocenters. The Morgan fingerprint density at radius 3 is 2.32 bits per heavy atom. The minimum atomic E-state index is -0.535. The summed E-state index contributed by atoms with van der Waals surface area (Å²) in [5.74, 6) is -0.387. The molecule has 0 bridgehead atoms. The molecule has 3 N–H and O–H groups in total. The molecule has 2 rings (SSSR count). The Morgan fingerprint density at radius 2 is 1.72 bits per heavy atom. The van der Waals surface area contributed by atoms with E-state index in [1.54, 1.807) is 6.92 Å². The monoisotopic (exact) mass is 339 g/mol. The van der Waals surface area contributed by atoms with Crippen LogP contribution in [0.5, 0.6) is 0 Å². The summed E-state index contributed by atoms with van der Waals surface area (Å²) in [6, 6.07) is 12.5. The van der Waals surface area contributed by atoms with Crippen LogP contribution in [0, 0.1) is 13.8 Å². The summed E-state index contributed by atoms with van der Waals surface area (Å²) in [7, 11) is 0. The summed E-state index contributed by atoms with van der Waals surface area (Å²) >= 11 is 0. The summed E-state index contributed by atoms with van der Waals surface area (Å²) in [5, 5.41) is 8.15. The molecule has 0 heterocycles. The van der Waals surface area contributed by atoms with Crippen molar-refractivity contribution < 1.29 is 9.59 Å². The highest BCUT2D eigenvalue weighted by Crippen LogP contribution is 2.16. The van der Waals surface area contributed by atoms with Gasteiger partial charge >= 0.3 is 6.03 Å². The Hall–Kier alpha value is -2.82. The van der Waals surface area contributed by atoms with Gasteiger partial charge in [-0.05, 0) is 56.5 Å². The number of urea groups is 1. The van der Waals surface area contributed by atoms with Crippen LogP contribution in [0.15, 0.2) is 42.5 Å². The Kier molecular flexibility index (Phi) is 6.17. The van der Waals surface area contributed by atoms with Gasteiger partial charge in [0.15, 0.2) is 0 Å². The van der Waals surface area contributed by atoms with E-state index in [0.29, 0.717) is 5.69 Å². The SMILES string of the molecule is CCc1ccc(NC(C)C(=O)NC(=O)Nc2ccc(C)cc2C)cc1. The first-order valence-corrected chi connectivity index (χ1v) is 8.43. The van der Waals surface area contributed by atoms with E-state index in [0.717, 1.165) is 23.2 Å². The Morgan fingerprint density at radius 1 is 1.04 bits per heavy atom. The number of imide groups is 1. The lowest BCUT2D eigenvalue weighted by Crippen LogP contribution is -2.43. The molecule has 0 aliphatic heterocycles. The largest absolute Gasteiger partial charge is 0.374 e. The summed E-state index contributed by atoms with van der Waals surface area (Å²) in [6.07, 6.45) is 0.967. The number of anilines is 2. The molecule has 0 aromatic heterocycles. The zero-order chi connectivity index (χ0) is 18.4. The molecule has 0 radical (unpaired) electrons. The molecule has 0 saturated heterocycles. The van der Waals surface area contributed by atoms with E-state index in [2.05, 4.69) is 22.9 Å². The first kappa shape index (κ1) is 18.5. The highest BCUT2D eigenvalue weighted by Gasteiger charge is 2.16. The lowest BCUT2D eigenvalue weighted by molar-refractivity contribution is -0.120. The number of hydrogen-bond donors (Lipinski definition) is 3. The molecule has 0 saturated carbocycles. The predicted octanol–water partition coefficient (Wildman–Crippen LogP) is 4.01. The number of nitrogens with one attached hydrogen (secondary N) is 3. The normalized spacial score (nSPS) is 11.5. The molecule has 0 spiro atoms. The van der Waals surface area contributed by atoms with Gasteiger partial charge in [0.05, 0.1) is 0 Å². The van der Waals surface area contributed by atoms with E-state index in [-0.39, 0.29) is 5.91 Å². The molecule has 5 heteroatoms. The second-order valence-electron chi connectivity index (χ2n) is 6.18. The maximum absolute atomic E-state index is 12.2. The Balaban J connectivity index is 1.89. The second kappa shape index (κ2) is 8.33. The van der Waals surface area contributed by atoms with Crippen molar-refractivity contribution >= 4 is 23.3 Å². The molecular weight excluding hydrogens is 314 g/mol. The standard InChI is InChI=1S/C20H25N3O2/c1-5-16-7-9-17(10-8-16)21-15(4)19(24)23-20(25)22-18-11-6-13(2)12-14(18)3/h6-12,15,21H,5H2,1-4H3,(H2,22,23,24,25). The number of benzene rings is 2. The third-order valence-corrected chi connectivity index (χ3v) is 4.01. The van der Waals surface area contributed by atoms with Crippen LogP contribution >= 0.6 is 0 Å². The van der Waals surface area contributed by atoms with Crippen LogP contribution in [0.1, 0.15) is 30.5 Å². The van der Waals surface area contributed by atoms with Gasteiger partial charge in [0.25, 0.3) is 0 Å². The van der Waals surface area contributed by atoms with Gasteiger partial charge in [-0.25, -0.2) is 4.79 Å². The number of aryl methyl sites for hydroxylation is 3. The minimum Gasteiger partial charge on any atom is -0.374 e. The number of carbonyl (C=O) groups excluding carboxylic acids is 2.